The molecule has 0 aliphatic carbocycles. The fourth-order valence-corrected chi connectivity index (χ4v) is 4.48. The van der Waals surface area contributed by atoms with Crippen LogP contribution in [-0.4, -0.2) is 34.8 Å². The Kier molecular flexibility index (Phi) is 6.40. The van der Waals surface area contributed by atoms with Crippen LogP contribution in [-0.2, 0) is 11.2 Å². The first-order chi connectivity index (χ1) is 17.1. The number of fused-ring (bicyclic) bond motifs is 1. The standard InChI is InChI=1S/C26H22N4O4S/c1-16-7-5-6-10-19(16)23(31)27-20(13-17-8-3-2-4-9-17)24(32)28-26-30-29-25(35-26)18-11-12-21-22(14-18)34-15-33-21/h2-12,14,20H,13,15H2,1H3,(H,27,31)(H,28,30,32). The van der Waals surface area contributed by atoms with Crippen LogP contribution in [0.25, 0.3) is 10.6 Å². The van der Waals surface area contributed by atoms with Crippen LogP contribution in [0.1, 0.15) is 21.5 Å². The molecule has 0 bridgehead atoms. The summed E-state index contributed by atoms with van der Waals surface area (Å²) in [6, 6.07) is 21.5. The molecule has 35 heavy (non-hydrogen) atoms. The zero-order chi connectivity index (χ0) is 24.2. The van der Waals surface area contributed by atoms with Crippen molar-refractivity contribution in [3.05, 3.63) is 89.5 Å². The van der Waals surface area contributed by atoms with Crippen molar-refractivity contribution < 1.29 is 19.1 Å². The van der Waals surface area contributed by atoms with Gasteiger partial charge in [-0.05, 0) is 42.3 Å². The highest BCUT2D eigenvalue weighted by Gasteiger charge is 2.24. The fourth-order valence-electron chi connectivity index (χ4n) is 3.74. The number of aryl methyl sites for hydroxylation is 1. The summed E-state index contributed by atoms with van der Waals surface area (Å²) in [7, 11) is 0. The van der Waals surface area contributed by atoms with Crippen LogP contribution >= 0.6 is 11.3 Å². The molecule has 0 saturated carbocycles. The van der Waals surface area contributed by atoms with Crippen LogP contribution in [0.15, 0.2) is 72.8 Å². The molecule has 1 aromatic heterocycles. The van der Waals surface area contributed by atoms with Crippen LogP contribution < -0.4 is 20.1 Å². The summed E-state index contributed by atoms with van der Waals surface area (Å²) < 4.78 is 10.8. The maximum Gasteiger partial charge on any atom is 0.252 e. The van der Waals surface area contributed by atoms with Gasteiger partial charge in [0.2, 0.25) is 17.8 Å². The Hall–Kier alpha value is -4.24. The number of amides is 2. The predicted octanol–water partition coefficient (Wildman–Crippen LogP) is 4.22. The first-order valence-corrected chi connectivity index (χ1v) is 11.8. The van der Waals surface area contributed by atoms with E-state index in [2.05, 4.69) is 20.8 Å². The molecule has 3 aromatic carbocycles. The lowest BCUT2D eigenvalue weighted by Gasteiger charge is -2.18. The minimum atomic E-state index is -0.803. The van der Waals surface area contributed by atoms with Gasteiger partial charge in [-0.1, -0.05) is 59.9 Å². The fraction of sp³-hybridized carbons (Fsp3) is 0.154. The van der Waals surface area contributed by atoms with Gasteiger partial charge in [0, 0.05) is 17.5 Å². The molecule has 0 fully saturated rings. The molecule has 1 aliphatic rings. The summed E-state index contributed by atoms with van der Waals surface area (Å²) in [5, 5.41) is 15.0. The number of nitrogens with one attached hydrogen (secondary N) is 2. The minimum Gasteiger partial charge on any atom is -0.454 e. The van der Waals surface area contributed by atoms with Crippen LogP contribution in [0.3, 0.4) is 0 Å². The molecule has 4 aromatic rings. The van der Waals surface area contributed by atoms with Crippen molar-refractivity contribution in [2.75, 3.05) is 12.1 Å². The number of ether oxygens (including phenoxy) is 2. The Morgan fingerprint density at radius 2 is 1.74 bits per heavy atom. The topological polar surface area (TPSA) is 102 Å². The molecule has 1 aliphatic heterocycles. The van der Waals surface area contributed by atoms with Crippen LogP contribution in [0, 0.1) is 6.92 Å². The van der Waals surface area contributed by atoms with E-state index in [1.807, 2.05) is 67.6 Å². The summed E-state index contributed by atoms with van der Waals surface area (Å²) in [5.41, 5.74) is 3.10. The molecule has 1 atom stereocenters. The van der Waals surface area contributed by atoms with Gasteiger partial charge in [-0.3, -0.25) is 14.9 Å². The summed E-state index contributed by atoms with van der Waals surface area (Å²) in [6.07, 6.45) is 0.331. The average Bonchev–Trinajstić information content (AvgIpc) is 3.53. The average molecular weight is 487 g/mol. The predicted molar refractivity (Wildman–Crippen MR) is 133 cm³/mol. The summed E-state index contributed by atoms with van der Waals surface area (Å²) in [5.74, 6) is 0.645. The van der Waals surface area contributed by atoms with Crippen molar-refractivity contribution in [3.63, 3.8) is 0 Å². The Morgan fingerprint density at radius 3 is 2.57 bits per heavy atom. The quantitative estimate of drug-likeness (QED) is 0.406. The molecule has 2 N–H and O–H groups in total. The van der Waals surface area contributed by atoms with E-state index in [1.54, 1.807) is 12.1 Å². The van der Waals surface area contributed by atoms with Gasteiger partial charge in [0.25, 0.3) is 5.91 Å². The molecule has 5 rings (SSSR count). The highest BCUT2D eigenvalue weighted by molar-refractivity contribution is 7.18. The Morgan fingerprint density at radius 1 is 0.971 bits per heavy atom. The van der Waals surface area contributed by atoms with Crippen molar-refractivity contribution in [3.8, 4) is 22.1 Å². The number of nitrogens with zero attached hydrogens (tertiary/aromatic N) is 2. The second-order valence-corrected chi connectivity index (χ2v) is 8.98. The first kappa shape index (κ1) is 22.5. The third-order valence-electron chi connectivity index (χ3n) is 5.57. The van der Waals surface area contributed by atoms with E-state index in [1.165, 1.54) is 11.3 Å². The van der Waals surface area contributed by atoms with Gasteiger partial charge < -0.3 is 14.8 Å². The molecule has 2 amide bonds. The zero-order valence-corrected chi connectivity index (χ0v) is 19.7. The van der Waals surface area contributed by atoms with Gasteiger partial charge in [0.15, 0.2) is 11.5 Å². The first-order valence-electron chi connectivity index (χ1n) is 11.0. The molecule has 1 unspecified atom stereocenters. The molecule has 2 heterocycles. The molecular formula is C26H22N4O4S. The Balaban J connectivity index is 1.33. The second-order valence-electron chi connectivity index (χ2n) is 8.00. The summed E-state index contributed by atoms with van der Waals surface area (Å²) >= 11 is 1.24. The van der Waals surface area contributed by atoms with Crippen molar-refractivity contribution in [2.24, 2.45) is 0 Å². The van der Waals surface area contributed by atoms with Gasteiger partial charge in [0.05, 0.1) is 0 Å². The normalized spacial score (nSPS) is 12.7. The van der Waals surface area contributed by atoms with E-state index in [0.717, 1.165) is 16.7 Å². The largest absolute Gasteiger partial charge is 0.454 e. The van der Waals surface area contributed by atoms with Gasteiger partial charge >= 0.3 is 0 Å². The number of hydrogen-bond donors (Lipinski definition) is 2. The number of rotatable bonds is 7. The van der Waals surface area contributed by atoms with E-state index in [9.17, 15) is 9.59 Å². The minimum absolute atomic E-state index is 0.188. The zero-order valence-electron chi connectivity index (χ0n) is 18.9. The molecule has 0 radical (unpaired) electrons. The number of aromatic nitrogens is 2. The van der Waals surface area contributed by atoms with Crippen molar-refractivity contribution in [1.82, 2.24) is 15.5 Å². The summed E-state index contributed by atoms with van der Waals surface area (Å²) in [4.78, 5) is 26.2. The molecular weight excluding hydrogens is 464 g/mol. The Bertz CT molecular complexity index is 1370. The van der Waals surface area contributed by atoms with Crippen molar-refractivity contribution in [1.29, 1.82) is 0 Å². The lowest BCUT2D eigenvalue weighted by molar-refractivity contribution is -0.118. The van der Waals surface area contributed by atoms with E-state index in [0.29, 0.717) is 33.6 Å². The van der Waals surface area contributed by atoms with Gasteiger partial charge in [-0.25, -0.2) is 0 Å². The number of hydrogen-bond acceptors (Lipinski definition) is 7. The van der Waals surface area contributed by atoms with E-state index >= 15 is 0 Å². The summed E-state index contributed by atoms with van der Waals surface area (Å²) in [6.45, 7) is 2.05. The van der Waals surface area contributed by atoms with Gasteiger partial charge in [-0.15, -0.1) is 10.2 Å². The monoisotopic (exact) mass is 486 g/mol. The van der Waals surface area contributed by atoms with Gasteiger partial charge in [-0.2, -0.15) is 0 Å². The van der Waals surface area contributed by atoms with Crippen LogP contribution in [0.5, 0.6) is 11.5 Å². The molecule has 0 saturated heterocycles. The smallest absolute Gasteiger partial charge is 0.252 e. The maximum atomic E-state index is 13.2. The van der Waals surface area contributed by atoms with E-state index in [4.69, 9.17) is 9.47 Å². The third-order valence-corrected chi connectivity index (χ3v) is 6.46. The molecule has 9 heteroatoms. The number of carbonyl (C=O) groups is 2. The van der Waals surface area contributed by atoms with E-state index in [-0.39, 0.29) is 18.6 Å². The molecule has 176 valence electrons. The van der Waals surface area contributed by atoms with Crippen molar-refractivity contribution >= 4 is 28.3 Å². The lowest BCUT2D eigenvalue weighted by atomic mass is 10.0. The highest BCUT2D eigenvalue weighted by atomic mass is 32.1. The third kappa shape index (κ3) is 5.15. The number of carbonyl (C=O) groups excluding carboxylic acids is 2. The lowest BCUT2D eigenvalue weighted by Crippen LogP contribution is -2.45. The van der Waals surface area contributed by atoms with Crippen LogP contribution in [0.2, 0.25) is 0 Å². The van der Waals surface area contributed by atoms with E-state index < -0.39 is 6.04 Å². The number of benzene rings is 3. The number of anilines is 1. The van der Waals surface area contributed by atoms with Crippen LogP contribution in [0.4, 0.5) is 5.13 Å². The second kappa shape index (κ2) is 9.94. The van der Waals surface area contributed by atoms with Gasteiger partial charge in [0.1, 0.15) is 11.0 Å². The maximum absolute atomic E-state index is 13.2. The highest BCUT2D eigenvalue weighted by Crippen LogP contribution is 2.37. The van der Waals surface area contributed by atoms with Crippen molar-refractivity contribution in [2.45, 2.75) is 19.4 Å². The molecule has 0 spiro atoms. The Labute approximate surface area is 205 Å². The SMILES string of the molecule is Cc1ccccc1C(=O)NC(Cc1ccccc1)C(=O)Nc1nnc(-c2ccc3c(c2)OCO3)s1. The molecule has 8 nitrogen and oxygen atoms in total.